The molecule has 0 bridgehead atoms. The molecule has 54 valence electrons. The zero-order valence-corrected chi connectivity index (χ0v) is 6.72. The van der Waals surface area contributed by atoms with Crippen LogP contribution in [-0.2, 0) is 0 Å². The lowest BCUT2D eigenvalue weighted by Crippen LogP contribution is -1.79. The zero-order valence-electron chi connectivity index (χ0n) is 6.72. The summed E-state index contributed by atoms with van der Waals surface area (Å²) in [5.74, 6) is 0. The van der Waals surface area contributed by atoms with Crippen molar-refractivity contribution in [3.63, 3.8) is 0 Å². The van der Waals surface area contributed by atoms with Crippen LogP contribution in [-0.4, -0.2) is 0 Å². The van der Waals surface area contributed by atoms with Crippen LogP contribution in [0.5, 0.6) is 0 Å². The van der Waals surface area contributed by atoms with E-state index in [1.165, 1.54) is 24.0 Å². The van der Waals surface area contributed by atoms with Gasteiger partial charge in [0.1, 0.15) is 0 Å². The molecule has 0 atom stereocenters. The molecule has 10 heavy (non-hydrogen) atoms. The van der Waals surface area contributed by atoms with Crippen LogP contribution in [0.15, 0.2) is 35.5 Å². The van der Waals surface area contributed by atoms with E-state index >= 15 is 0 Å². The van der Waals surface area contributed by atoms with Gasteiger partial charge in [-0.05, 0) is 26.7 Å². The SMILES string of the molecule is CC1=C/CC/C(C)=C/C=C\1. The van der Waals surface area contributed by atoms with Gasteiger partial charge in [-0.3, -0.25) is 0 Å². The summed E-state index contributed by atoms with van der Waals surface area (Å²) in [6.07, 6.45) is 11.2. The summed E-state index contributed by atoms with van der Waals surface area (Å²) < 4.78 is 0. The first-order chi connectivity index (χ1) is 4.79. The fraction of sp³-hybridized carbons (Fsp3) is 0.400. The largest absolute Gasteiger partial charge is 0.0813 e. The normalized spacial score (nSPS) is 32.6. The lowest BCUT2D eigenvalue weighted by Gasteiger charge is -2.00. The molecule has 0 spiro atoms. The van der Waals surface area contributed by atoms with Crippen molar-refractivity contribution < 1.29 is 0 Å². The van der Waals surface area contributed by atoms with Gasteiger partial charge in [0.2, 0.25) is 0 Å². The second-order valence-corrected chi connectivity index (χ2v) is 2.86. The van der Waals surface area contributed by atoms with Crippen LogP contribution in [0.4, 0.5) is 0 Å². The third kappa shape index (κ3) is 2.22. The van der Waals surface area contributed by atoms with Crippen LogP contribution in [0.2, 0.25) is 0 Å². The van der Waals surface area contributed by atoms with Crippen LogP contribution < -0.4 is 0 Å². The summed E-state index contributed by atoms with van der Waals surface area (Å²) in [6, 6.07) is 0. The molecule has 0 heterocycles. The maximum absolute atomic E-state index is 2.28. The first kappa shape index (κ1) is 7.33. The van der Waals surface area contributed by atoms with Crippen molar-refractivity contribution in [2.24, 2.45) is 0 Å². The Labute approximate surface area is 62.9 Å². The van der Waals surface area contributed by atoms with Gasteiger partial charge in [0.15, 0.2) is 0 Å². The summed E-state index contributed by atoms with van der Waals surface area (Å²) in [5.41, 5.74) is 2.85. The Morgan fingerprint density at radius 3 is 2.90 bits per heavy atom. The van der Waals surface area contributed by atoms with Gasteiger partial charge >= 0.3 is 0 Å². The maximum atomic E-state index is 2.28. The minimum atomic E-state index is 1.19. The van der Waals surface area contributed by atoms with Crippen molar-refractivity contribution in [3.8, 4) is 0 Å². The molecule has 1 aliphatic carbocycles. The van der Waals surface area contributed by atoms with E-state index in [2.05, 4.69) is 38.2 Å². The lowest BCUT2D eigenvalue weighted by molar-refractivity contribution is 0.968. The van der Waals surface area contributed by atoms with E-state index in [9.17, 15) is 0 Å². The zero-order chi connectivity index (χ0) is 7.40. The predicted molar refractivity (Wildman–Crippen MR) is 45.9 cm³/mol. The average molecular weight is 134 g/mol. The molecular formula is C10H14. The quantitative estimate of drug-likeness (QED) is 0.477. The van der Waals surface area contributed by atoms with Gasteiger partial charge in [-0.15, -0.1) is 0 Å². The Morgan fingerprint density at radius 2 is 2.10 bits per heavy atom. The van der Waals surface area contributed by atoms with Gasteiger partial charge in [0.25, 0.3) is 0 Å². The highest BCUT2D eigenvalue weighted by molar-refractivity contribution is 5.24. The van der Waals surface area contributed by atoms with E-state index in [0.29, 0.717) is 0 Å². The highest BCUT2D eigenvalue weighted by Crippen LogP contribution is 2.10. The molecule has 1 rings (SSSR count). The average Bonchev–Trinajstić information content (AvgIpc) is 1.84. The van der Waals surface area contributed by atoms with E-state index in [4.69, 9.17) is 0 Å². The molecule has 0 aromatic carbocycles. The standard InChI is InChI=1S/C10H14/c1-9-5-3-7-10(2)8-4-6-9/h3,5-7H,4,8H2,1-2H3/b5-3-,9-6-,10-7+. The van der Waals surface area contributed by atoms with Crippen molar-refractivity contribution in [2.45, 2.75) is 26.7 Å². The lowest BCUT2D eigenvalue weighted by atomic mass is 10.1. The first-order valence-corrected chi connectivity index (χ1v) is 3.79. The molecule has 0 unspecified atom stereocenters. The van der Waals surface area contributed by atoms with Gasteiger partial charge in [-0.1, -0.05) is 35.5 Å². The molecule has 0 saturated heterocycles. The molecule has 0 heteroatoms. The number of allylic oxidation sites excluding steroid dienone is 6. The monoisotopic (exact) mass is 134 g/mol. The van der Waals surface area contributed by atoms with Crippen molar-refractivity contribution in [3.05, 3.63) is 35.5 Å². The Kier molecular flexibility index (Phi) is 2.49. The molecule has 0 radical (unpaired) electrons. The molecule has 0 aromatic heterocycles. The minimum absolute atomic E-state index is 1.19. The smallest absolute Gasteiger partial charge is 0.0285 e. The first-order valence-electron chi connectivity index (χ1n) is 3.79. The molecule has 0 saturated carbocycles. The molecule has 0 aliphatic heterocycles. The van der Waals surface area contributed by atoms with Crippen LogP contribution in [0.1, 0.15) is 26.7 Å². The predicted octanol–water partition coefficient (Wildman–Crippen LogP) is 3.23. The van der Waals surface area contributed by atoms with Crippen molar-refractivity contribution in [1.82, 2.24) is 0 Å². The van der Waals surface area contributed by atoms with Crippen LogP contribution >= 0.6 is 0 Å². The van der Waals surface area contributed by atoms with Crippen molar-refractivity contribution in [1.29, 1.82) is 0 Å². The van der Waals surface area contributed by atoms with E-state index in [-0.39, 0.29) is 0 Å². The van der Waals surface area contributed by atoms with Crippen LogP contribution in [0.25, 0.3) is 0 Å². The molecule has 0 amide bonds. The summed E-state index contributed by atoms with van der Waals surface area (Å²) >= 11 is 0. The summed E-state index contributed by atoms with van der Waals surface area (Å²) in [6.45, 7) is 4.32. The maximum Gasteiger partial charge on any atom is -0.0285 e. The molecule has 1 aliphatic rings. The van der Waals surface area contributed by atoms with E-state index in [1.54, 1.807) is 0 Å². The second-order valence-electron chi connectivity index (χ2n) is 2.86. The van der Waals surface area contributed by atoms with Crippen LogP contribution in [0, 0.1) is 0 Å². The Balaban J connectivity index is 2.70. The van der Waals surface area contributed by atoms with E-state index < -0.39 is 0 Å². The molecule has 0 nitrogen and oxygen atoms in total. The summed E-state index contributed by atoms with van der Waals surface area (Å²) in [4.78, 5) is 0. The fourth-order valence-corrected chi connectivity index (χ4v) is 1.04. The summed E-state index contributed by atoms with van der Waals surface area (Å²) in [5, 5.41) is 0. The topological polar surface area (TPSA) is 0 Å². The van der Waals surface area contributed by atoms with E-state index in [0.717, 1.165) is 0 Å². The van der Waals surface area contributed by atoms with Gasteiger partial charge in [0, 0.05) is 0 Å². The summed E-state index contributed by atoms with van der Waals surface area (Å²) in [7, 11) is 0. The van der Waals surface area contributed by atoms with Gasteiger partial charge < -0.3 is 0 Å². The van der Waals surface area contributed by atoms with Crippen molar-refractivity contribution >= 4 is 0 Å². The Bertz CT molecular complexity index is 192. The van der Waals surface area contributed by atoms with Gasteiger partial charge in [-0.2, -0.15) is 0 Å². The number of hydrogen-bond donors (Lipinski definition) is 0. The molecular weight excluding hydrogens is 120 g/mol. The van der Waals surface area contributed by atoms with Gasteiger partial charge in [0.05, 0.1) is 0 Å². The third-order valence-corrected chi connectivity index (χ3v) is 1.74. The highest BCUT2D eigenvalue weighted by Gasteiger charge is 1.90. The van der Waals surface area contributed by atoms with Crippen LogP contribution in [0.3, 0.4) is 0 Å². The Hall–Kier alpha value is -0.780. The van der Waals surface area contributed by atoms with Crippen molar-refractivity contribution in [2.75, 3.05) is 0 Å². The fourth-order valence-electron chi connectivity index (χ4n) is 1.04. The molecule has 0 fully saturated rings. The van der Waals surface area contributed by atoms with Gasteiger partial charge in [-0.25, -0.2) is 0 Å². The molecule has 0 N–H and O–H groups in total. The Morgan fingerprint density at radius 1 is 1.30 bits per heavy atom. The van der Waals surface area contributed by atoms with E-state index in [1.807, 2.05) is 0 Å². The minimum Gasteiger partial charge on any atom is -0.0813 e. The third-order valence-electron chi connectivity index (χ3n) is 1.74. The second kappa shape index (κ2) is 3.40. The highest BCUT2D eigenvalue weighted by atomic mass is 14.0. The molecule has 0 aromatic rings. The number of hydrogen-bond acceptors (Lipinski definition) is 0. The number of rotatable bonds is 0.